The topological polar surface area (TPSA) is 20.3 Å². The number of carbonyl (C=O) groups is 1. The van der Waals surface area contributed by atoms with E-state index in [9.17, 15) is 4.79 Å². The average Bonchev–Trinajstić information content (AvgIpc) is 3.00. The molecule has 3 rings (SSSR count). The van der Waals surface area contributed by atoms with Crippen LogP contribution in [0.1, 0.15) is 39.5 Å². The maximum Gasteiger partial charge on any atom is 0.226 e. The molecule has 96 valence electrons. The van der Waals surface area contributed by atoms with Crippen LogP contribution in [0.25, 0.3) is 0 Å². The second-order valence-corrected chi connectivity index (χ2v) is 8.02. The Balaban J connectivity index is 1.62. The Hall–Kier alpha value is -0.180. The van der Waals surface area contributed by atoms with Gasteiger partial charge in [-0.1, -0.05) is 26.7 Å². The summed E-state index contributed by atoms with van der Waals surface area (Å²) >= 11 is 2.03. The first kappa shape index (κ1) is 11.9. The fourth-order valence-electron chi connectivity index (χ4n) is 3.93. The summed E-state index contributed by atoms with van der Waals surface area (Å²) < 4.78 is 0. The van der Waals surface area contributed by atoms with Crippen LogP contribution in [0, 0.1) is 17.8 Å². The summed E-state index contributed by atoms with van der Waals surface area (Å²) in [6.07, 6.45) is 5.34. The molecule has 0 N–H and O–H groups in total. The highest BCUT2D eigenvalue weighted by molar-refractivity contribution is 8.00. The Bertz CT molecular complexity index is 297. The van der Waals surface area contributed by atoms with E-state index in [-0.39, 0.29) is 0 Å². The molecular weight excluding hydrogens is 230 g/mol. The molecule has 0 spiro atoms. The van der Waals surface area contributed by atoms with Crippen molar-refractivity contribution in [1.82, 2.24) is 4.90 Å². The first-order valence-electron chi connectivity index (χ1n) is 7.11. The van der Waals surface area contributed by atoms with Crippen molar-refractivity contribution in [2.24, 2.45) is 17.8 Å². The van der Waals surface area contributed by atoms with Gasteiger partial charge in [-0.05, 0) is 24.7 Å². The van der Waals surface area contributed by atoms with Crippen molar-refractivity contribution in [2.45, 2.75) is 50.0 Å². The zero-order valence-corrected chi connectivity index (χ0v) is 11.7. The van der Waals surface area contributed by atoms with E-state index < -0.39 is 0 Å². The normalized spacial score (nSPS) is 45.3. The lowest BCUT2D eigenvalue weighted by molar-refractivity contribution is -0.133. The van der Waals surface area contributed by atoms with Crippen LogP contribution in [-0.2, 0) is 4.79 Å². The molecule has 1 amide bonds. The summed E-state index contributed by atoms with van der Waals surface area (Å²) in [4.78, 5) is 14.7. The molecule has 4 atom stereocenters. The van der Waals surface area contributed by atoms with Crippen LogP contribution in [0.2, 0.25) is 0 Å². The van der Waals surface area contributed by atoms with Crippen LogP contribution in [0.3, 0.4) is 0 Å². The van der Waals surface area contributed by atoms with Crippen LogP contribution < -0.4 is 0 Å². The van der Waals surface area contributed by atoms with Crippen molar-refractivity contribution in [3.63, 3.8) is 0 Å². The first-order valence-corrected chi connectivity index (χ1v) is 8.05. The van der Waals surface area contributed by atoms with Gasteiger partial charge in [-0.25, -0.2) is 0 Å². The van der Waals surface area contributed by atoms with E-state index >= 15 is 0 Å². The Morgan fingerprint density at radius 3 is 2.12 bits per heavy atom. The van der Waals surface area contributed by atoms with Crippen LogP contribution in [-0.4, -0.2) is 34.4 Å². The number of hydrogen-bond donors (Lipinski definition) is 0. The number of thioether (sulfide) groups is 1. The Morgan fingerprint density at radius 2 is 1.59 bits per heavy atom. The molecule has 0 bridgehead atoms. The maximum absolute atomic E-state index is 12.5. The predicted octanol–water partition coefficient (Wildman–Crippen LogP) is 2.78. The highest BCUT2D eigenvalue weighted by Gasteiger charge is 2.56. The molecule has 2 nitrogen and oxygen atoms in total. The first-order chi connectivity index (χ1) is 8.16. The molecule has 2 aliphatic carbocycles. The van der Waals surface area contributed by atoms with E-state index in [0.29, 0.717) is 22.3 Å². The molecule has 1 aliphatic heterocycles. The zero-order valence-electron chi connectivity index (χ0n) is 10.9. The fourth-order valence-corrected chi connectivity index (χ4v) is 5.25. The Kier molecular flexibility index (Phi) is 3.14. The largest absolute Gasteiger partial charge is 0.340 e. The number of fused-ring (bicyclic) bond motifs is 1. The molecule has 3 fully saturated rings. The van der Waals surface area contributed by atoms with Crippen molar-refractivity contribution >= 4 is 17.7 Å². The second kappa shape index (κ2) is 4.49. The number of hydrogen-bond acceptors (Lipinski definition) is 2. The molecule has 4 unspecified atom stereocenters. The minimum atomic E-state index is 0.417. The highest BCUT2D eigenvalue weighted by atomic mass is 32.2. The van der Waals surface area contributed by atoms with E-state index in [2.05, 4.69) is 18.7 Å². The molecule has 17 heavy (non-hydrogen) atoms. The van der Waals surface area contributed by atoms with Gasteiger partial charge in [0.05, 0.1) is 0 Å². The van der Waals surface area contributed by atoms with Gasteiger partial charge in [-0.15, -0.1) is 0 Å². The minimum Gasteiger partial charge on any atom is -0.340 e. The van der Waals surface area contributed by atoms with Crippen molar-refractivity contribution in [3.05, 3.63) is 0 Å². The molecule has 0 aromatic carbocycles. The summed E-state index contributed by atoms with van der Waals surface area (Å²) in [6.45, 7) is 6.45. The van der Waals surface area contributed by atoms with Crippen LogP contribution in [0.15, 0.2) is 0 Å². The monoisotopic (exact) mass is 253 g/mol. The smallest absolute Gasteiger partial charge is 0.226 e. The van der Waals surface area contributed by atoms with Gasteiger partial charge < -0.3 is 4.90 Å². The third kappa shape index (κ3) is 2.23. The molecule has 3 heteroatoms. The third-order valence-electron chi connectivity index (χ3n) is 4.67. The van der Waals surface area contributed by atoms with E-state index in [1.807, 2.05) is 11.8 Å². The van der Waals surface area contributed by atoms with E-state index in [1.54, 1.807) is 0 Å². The molecule has 1 saturated heterocycles. The number of carbonyl (C=O) groups excluding carboxylic acids is 1. The van der Waals surface area contributed by atoms with Crippen molar-refractivity contribution < 1.29 is 4.79 Å². The van der Waals surface area contributed by atoms with Crippen LogP contribution >= 0.6 is 11.8 Å². The molecule has 0 radical (unpaired) electrons. The molecule has 1 heterocycles. The summed E-state index contributed by atoms with van der Waals surface area (Å²) in [5, 5.41) is 1.23. The van der Waals surface area contributed by atoms with E-state index in [4.69, 9.17) is 0 Å². The van der Waals surface area contributed by atoms with E-state index in [0.717, 1.165) is 24.9 Å². The standard InChI is InChI=1S/C14H23NOS/c1-9-7-15(8-10(2)17-9)14(16)13-11-5-3-4-6-12(11)13/h9-13H,3-8H2,1-2H3. The van der Waals surface area contributed by atoms with Crippen molar-refractivity contribution in [1.29, 1.82) is 0 Å². The molecule has 0 aromatic rings. The predicted molar refractivity (Wildman–Crippen MR) is 72.0 cm³/mol. The molecule has 3 aliphatic rings. The van der Waals surface area contributed by atoms with Gasteiger partial charge in [0.15, 0.2) is 0 Å². The highest BCUT2D eigenvalue weighted by Crippen LogP contribution is 2.56. The van der Waals surface area contributed by atoms with Gasteiger partial charge in [0.1, 0.15) is 0 Å². The Labute approximate surface area is 109 Å². The molecule has 0 aromatic heterocycles. The minimum absolute atomic E-state index is 0.417. The maximum atomic E-state index is 12.5. The van der Waals surface area contributed by atoms with Crippen molar-refractivity contribution in [2.75, 3.05) is 13.1 Å². The van der Waals surface area contributed by atoms with Gasteiger partial charge in [-0.3, -0.25) is 4.79 Å². The molecule has 2 saturated carbocycles. The number of amides is 1. The van der Waals surface area contributed by atoms with Crippen LogP contribution in [0.4, 0.5) is 0 Å². The number of nitrogens with zero attached hydrogens (tertiary/aromatic N) is 1. The SMILES string of the molecule is CC1CN(C(=O)C2C3CCCCC32)CC(C)S1. The summed E-state index contributed by atoms with van der Waals surface area (Å²) in [7, 11) is 0. The lowest BCUT2D eigenvalue weighted by Gasteiger charge is -2.35. The molecular formula is C14H23NOS. The van der Waals surface area contributed by atoms with Gasteiger partial charge in [0, 0.05) is 29.5 Å². The summed E-state index contributed by atoms with van der Waals surface area (Å²) in [6, 6.07) is 0. The number of rotatable bonds is 1. The van der Waals surface area contributed by atoms with Gasteiger partial charge in [0.2, 0.25) is 5.91 Å². The second-order valence-electron chi connectivity index (χ2n) is 6.14. The van der Waals surface area contributed by atoms with Gasteiger partial charge >= 0.3 is 0 Å². The average molecular weight is 253 g/mol. The summed E-state index contributed by atoms with van der Waals surface area (Å²) in [5.74, 6) is 2.42. The van der Waals surface area contributed by atoms with Gasteiger partial charge in [0.25, 0.3) is 0 Å². The van der Waals surface area contributed by atoms with Crippen LogP contribution in [0.5, 0.6) is 0 Å². The van der Waals surface area contributed by atoms with Gasteiger partial charge in [-0.2, -0.15) is 11.8 Å². The Morgan fingerprint density at radius 1 is 1.06 bits per heavy atom. The van der Waals surface area contributed by atoms with Crippen molar-refractivity contribution in [3.8, 4) is 0 Å². The fraction of sp³-hybridized carbons (Fsp3) is 0.929. The summed E-state index contributed by atoms with van der Waals surface area (Å²) in [5.41, 5.74) is 0. The quantitative estimate of drug-likeness (QED) is 0.716. The third-order valence-corrected chi connectivity index (χ3v) is 5.90. The van der Waals surface area contributed by atoms with E-state index in [1.165, 1.54) is 25.7 Å². The zero-order chi connectivity index (χ0) is 12.0. The lowest BCUT2D eigenvalue weighted by Crippen LogP contribution is -2.45. The lowest BCUT2D eigenvalue weighted by atomic mass is 10.0.